The lowest BCUT2D eigenvalue weighted by Gasteiger charge is -2.08. The molecule has 0 heterocycles. The van der Waals surface area contributed by atoms with E-state index < -0.39 is 0 Å². The average Bonchev–Trinajstić information content (AvgIpc) is 2.08. The number of hydrogen-bond donors (Lipinski definition) is 1. The highest BCUT2D eigenvalue weighted by Crippen LogP contribution is 2.21. The van der Waals surface area contributed by atoms with E-state index in [2.05, 4.69) is 0 Å². The van der Waals surface area contributed by atoms with Gasteiger partial charge in [-0.1, -0.05) is 0 Å². The third-order valence-electron chi connectivity index (χ3n) is 1.45. The largest absolute Gasteiger partial charge is 0.399 e. The van der Waals surface area contributed by atoms with E-state index in [1.165, 1.54) is 11.8 Å². The van der Waals surface area contributed by atoms with Crippen LogP contribution in [0.15, 0.2) is 29.2 Å². The second kappa shape index (κ2) is 4.18. The maximum atomic E-state index is 11.3. The van der Waals surface area contributed by atoms with E-state index in [4.69, 9.17) is 5.73 Å². The third-order valence-corrected chi connectivity index (χ3v) is 2.50. The molecule has 0 fully saturated rings. The molecule has 1 amide bonds. The van der Waals surface area contributed by atoms with Crippen LogP contribution in [0.1, 0.15) is 0 Å². The van der Waals surface area contributed by atoms with Gasteiger partial charge in [0.25, 0.3) is 5.24 Å². The smallest absolute Gasteiger partial charge is 0.285 e. The number of carbonyl (C=O) groups is 1. The Bertz CT molecular complexity index is 295. The van der Waals surface area contributed by atoms with Gasteiger partial charge in [-0.25, -0.2) is 0 Å². The molecule has 0 unspecified atom stereocenters. The molecule has 3 nitrogen and oxygen atoms in total. The molecule has 0 aromatic heterocycles. The van der Waals surface area contributed by atoms with Crippen LogP contribution in [0.4, 0.5) is 10.5 Å². The summed E-state index contributed by atoms with van der Waals surface area (Å²) in [6.45, 7) is 0. The van der Waals surface area contributed by atoms with Crippen LogP contribution in [0.2, 0.25) is 0 Å². The third kappa shape index (κ3) is 2.99. The maximum absolute atomic E-state index is 11.3. The standard InChI is InChI=1S/C9H12N2OS/c1-11(2)9(12)13-8-5-3-7(10)4-6-8/h3-6H,10H2,1-2H3. The Labute approximate surface area is 81.9 Å². The number of thioether (sulfide) groups is 1. The average molecular weight is 196 g/mol. The molecule has 1 aromatic carbocycles. The summed E-state index contributed by atoms with van der Waals surface area (Å²) in [6.07, 6.45) is 0. The van der Waals surface area contributed by atoms with Gasteiger partial charge in [-0.2, -0.15) is 0 Å². The van der Waals surface area contributed by atoms with Gasteiger partial charge >= 0.3 is 0 Å². The molecule has 0 aliphatic heterocycles. The lowest BCUT2D eigenvalue weighted by Crippen LogP contribution is -2.15. The molecule has 13 heavy (non-hydrogen) atoms. The van der Waals surface area contributed by atoms with Crippen molar-refractivity contribution in [3.05, 3.63) is 24.3 Å². The topological polar surface area (TPSA) is 46.3 Å². The van der Waals surface area contributed by atoms with Gasteiger partial charge in [0.05, 0.1) is 0 Å². The Hall–Kier alpha value is -1.16. The van der Waals surface area contributed by atoms with Crippen molar-refractivity contribution in [1.82, 2.24) is 4.90 Å². The Morgan fingerprint density at radius 2 is 1.85 bits per heavy atom. The van der Waals surface area contributed by atoms with Crippen LogP contribution in [0.25, 0.3) is 0 Å². The van der Waals surface area contributed by atoms with Crippen molar-refractivity contribution in [2.75, 3.05) is 19.8 Å². The predicted molar refractivity (Wildman–Crippen MR) is 55.8 cm³/mol. The summed E-state index contributed by atoms with van der Waals surface area (Å²) in [5.74, 6) is 0. The van der Waals surface area contributed by atoms with E-state index >= 15 is 0 Å². The summed E-state index contributed by atoms with van der Waals surface area (Å²) in [5, 5.41) is 0.0183. The van der Waals surface area contributed by atoms with E-state index in [9.17, 15) is 4.79 Å². The molecule has 0 aliphatic carbocycles. The zero-order chi connectivity index (χ0) is 9.84. The Morgan fingerprint density at radius 1 is 1.31 bits per heavy atom. The van der Waals surface area contributed by atoms with E-state index in [0.29, 0.717) is 5.69 Å². The predicted octanol–water partition coefficient (Wildman–Crippen LogP) is 2.04. The van der Waals surface area contributed by atoms with Crippen molar-refractivity contribution in [2.45, 2.75) is 4.90 Å². The summed E-state index contributed by atoms with van der Waals surface area (Å²) in [7, 11) is 3.46. The second-order valence-corrected chi connectivity index (χ2v) is 3.86. The number of nitrogens with zero attached hydrogens (tertiary/aromatic N) is 1. The van der Waals surface area contributed by atoms with Crippen LogP contribution in [0, 0.1) is 0 Å². The first-order valence-electron chi connectivity index (χ1n) is 3.84. The summed E-state index contributed by atoms with van der Waals surface area (Å²) in [4.78, 5) is 13.7. The second-order valence-electron chi connectivity index (χ2n) is 2.83. The van der Waals surface area contributed by atoms with Gasteiger partial charge in [-0.05, 0) is 36.0 Å². The van der Waals surface area contributed by atoms with E-state index in [-0.39, 0.29) is 5.24 Å². The minimum Gasteiger partial charge on any atom is -0.399 e. The Balaban J connectivity index is 2.65. The van der Waals surface area contributed by atoms with Crippen LogP contribution in [0.5, 0.6) is 0 Å². The summed E-state index contributed by atoms with van der Waals surface area (Å²) in [6, 6.07) is 7.24. The van der Waals surface area contributed by atoms with Crippen molar-refractivity contribution in [3.8, 4) is 0 Å². The van der Waals surface area contributed by atoms with Gasteiger partial charge in [0.15, 0.2) is 0 Å². The van der Waals surface area contributed by atoms with Gasteiger partial charge in [-0.3, -0.25) is 4.79 Å². The lowest BCUT2D eigenvalue weighted by molar-refractivity contribution is 0.241. The number of benzene rings is 1. The van der Waals surface area contributed by atoms with E-state index in [0.717, 1.165) is 4.90 Å². The number of hydrogen-bond acceptors (Lipinski definition) is 3. The highest BCUT2D eigenvalue weighted by Gasteiger charge is 2.05. The molecule has 0 aliphatic rings. The quantitative estimate of drug-likeness (QED) is 0.552. The fourth-order valence-corrected chi connectivity index (χ4v) is 1.38. The van der Waals surface area contributed by atoms with Crippen LogP contribution in [-0.2, 0) is 0 Å². The van der Waals surface area contributed by atoms with Crippen molar-refractivity contribution < 1.29 is 4.79 Å². The molecule has 70 valence electrons. The molecular weight excluding hydrogens is 184 g/mol. The zero-order valence-electron chi connectivity index (χ0n) is 7.65. The molecule has 0 spiro atoms. The number of nitrogen functional groups attached to an aromatic ring is 1. The van der Waals surface area contributed by atoms with E-state index in [1.807, 2.05) is 12.1 Å². The number of nitrogens with two attached hydrogens (primary N) is 1. The molecule has 4 heteroatoms. The van der Waals surface area contributed by atoms with E-state index in [1.54, 1.807) is 31.1 Å². The molecule has 0 saturated heterocycles. The molecule has 0 saturated carbocycles. The van der Waals surface area contributed by atoms with Gasteiger partial charge in [0.2, 0.25) is 0 Å². The molecule has 0 radical (unpaired) electrons. The number of amides is 1. The fourth-order valence-electron chi connectivity index (χ4n) is 0.728. The molecule has 1 aromatic rings. The maximum Gasteiger partial charge on any atom is 0.285 e. The minimum absolute atomic E-state index is 0.0183. The van der Waals surface area contributed by atoms with Crippen LogP contribution in [-0.4, -0.2) is 24.2 Å². The molecular formula is C9H12N2OS. The lowest BCUT2D eigenvalue weighted by atomic mass is 10.3. The number of rotatable bonds is 1. The van der Waals surface area contributed by atoms with Crippen molar-refractivity contribution in [3.63, 3.8) is 0 Å². The Morgan fingerprint density at radius 3 is 2.31 bits per heavy atom. The van der Waals surface area contributed by atoms with Gasteiger partial charge in [0, 0.05) is 24.7 Å². The first kappa shape index (κ1) is 9.92. The van der Waals surface area contributed by atoms with Gasteiger partial charge in [-0.15, -0.1) is 0 Å². The summed E-state index contributed by atoms with van der Waals surface area (Å²) < 4.78 is 0. The molecule has 1 rings (SSSR count). The first-order valence-corrected chi connectivity index (χ1v) is 4.66. The summed E-state index contributed by atoms with van der Waals surface area (Å²) >= 11 is 1.19. The fraction of sp³-hybridized carbons (Fsp3) is 0.222. The minimum atomic E-state index is 0.0183. The Kier molecular flexibility index (Phi) is 3.19. The SMILES string of the molecule is CN(C)C(=O)Sc1ccc(N)cc1. The monoisotopic (exact) mass is 196 g/mol. The molecule has 2 N–H and O–H groups in total. The molecule has 0 bridgehead atoms. The first-order chi connectivity index (χ1) is 6.09. The van der Waals surface area contributed by atoms with Crippen molar-refractivity contribution >= 4 is 22.7 Å². The van der Waals surface area contributed by atoms with Crippen molar-refractivity contribution in [1.29, 1.82) is 0 Å². The molecule has 0 atom stereocenters. The highest BCUT2D eigenvalue weighted by atomic mass is 32.2. The summed E-state index contributed by atoms with van der Waals surface area (Å²) in [5.41, 5.74) is 6.22. The van der Waals surface area contributed by atoms with Crippen LogP contribution < -0.4 is 5.73 Å². The number of carbonyl (C=O) groups excluding carboxylic acids is 1. The van der Waals surface area contributed by atoms with Gasteiger partial charge < -0.3 is 10.6 Å². The van der Waals surface area contributed by atoms with Gasteiger partial charge in [0.1, 0.15) is 0 Å². The van der Waals surface area contributed by atoms with Crippen LogP contribution in [0.3, 0.4) is 0 Å². The highest BCUT2D eigenvalue weighted by molar-refractivity contribution is 8.13. The normalized spacial score (nSPS) is 9.69. The van der Waals surface area contributed by atoms with Crippen LogP contribution >= 0.6 is 11.8 Å². The van der Waals surface area contributed by atoms with Crippen molar-refractivity contribution in [2.24, 2.45) is 0 Å². The number of anilines is 1. The zero-order valence-corrected chi connectivity index (χ0v) is 8.47.